The number of fused-ring (bicyclic) bond motifs is 1. The highest BCUT2D eigenvalue weighted by atomic mass is 35.5. The maximum Gasteiger partial charge on any atom is 0.0485 e. The number of benzene rings is 1. The predicted octanol–water partition coefficient (Wildman–Crippen LogP) is 3.31. The van der Waals surface area contributed by atoms with Gasteiger partial charge in [-0.2, -0.15) is 0 Å². The first-order valence-electron chi connectivity index (χ1n) is 4.72. The van der Waals surface area contributed by atoms with Crippen LogP contribution in [0, 0.1) is 13.8 Å². The van der Waals surface area contributed by atoms with Crippen molar-refractivity contribution < 1.29 is 0 Å². The van der Waals surface area contributed by atoms with E-state index in [1.807, 2.05) is 0 Å². The van der Waals surface area contributed by atoms with Crippen molar-refractivity contribution in [3.05, 3.63) is 27.8 Å². The molecule has 1 N–H and O–H groups in total. The van der Waals surface area contributed by atoms with Crippen LogP contribution in [0.5, 0.6) is 0 Å². The number of nitrogens with one attached hydrogen (secondary N) is 1. The molecule has 2 rings (SSSR count). The lowest BCUT2D eigenvalue weighted by molar-refractivity contribution is 0.826. The molecule has 0 bridgehead atoms. The number of aryl methyl sites for hydroxylation is 2. The van der Waals surface area contributed by atoms with Gasteiger partial charge in [-0.3, -0.25) is 0 Å². The normalized spacial score (nSPS) is 15.0. The van der Waals surface area contributed by atoms with Crippen molar-refractivity contribution >= 4 is 17.3 Å². The summed E-state index contributed by atoms with van der Waals surface area (Å²) in [5, 5.41) is 4.32. The molecule has 0 unspecified atom stereocenters. The van der Waals surface area contributed by atoms with Gasteiger partial charge in [0.2, 0.25) is 0 Å². The van der Waals surface area contributed by atoms with Crippen LogP contribution < -0.4 is 5.32 Å². The van der Waals surface area contributed by atoms with Gasteiger partial charge in [0.1, 0.15) is 0 Å². The van der Waals surface area contributed by atoms with Gasteiger partial charge in [-0.15, -0.1) is 0 Å². The second-order valence-corrected chi connectivity index (χ2v) is 4.07. The number of anilines is 1. The molecule has 1 aliphatic heterocycles. The summed E-state index contributed by atoms with van der Waals surface area (Å²) >= 11 is 6.17. The first-order chi connectivity index (χ1) is 6.20. The smallest absolute Gasteiger partial charge is 0.0485 e. The fourth-order valence-electron chi connectivity index (χ4n) is 1.98. The summed E-state index contributed by atoms with van der Waals surface area (Å²) in [6.07, 6.45) is 2.41. The van der Waals surface area contributed by atoms with Crippen LogP contribution in [-0.4, -0.2) is 6.54 Å². The van der Waals surface area contributed by atoms with E-state index in [1.54, 1.807) is 0 Å². The minimum atomic E-state index is 0.910. The van der Waals surface area contributed by atoms with E-state index >= 15 is 0 Å². The largest absolute Gasteiger partial charge is 0.385 e. The maximum absolute atomic E-state index is 6.17. The number of rotatable bonds is 0. The Labute approximate surface area is 84.1 Å². The first kappa shape index (κ1) is 8.89. The maximum atomic E-state index is 6.17. The minimum Gasteiger partial charge on any atom is -0.385 e. The van der Waals surface area contributed by atoms with E-state index in [2.05, 4.69) is 25.2 Å². The van der Waals surface area contributed by atoms with Gasteiger partial charge in [-0.25, -0.2) is 0 Å². The van der Waals surface area contributed by atoms with Gasteiger partial charge >= 0.3 is 0 Å². The number of hydrogen-bond donors (Lipinski definition) is 1. The van der Waals surface area contributed by atoms with E-state index < -0.39 is 0 Å². The third kappa shape index (κ3) is 1.42. The standard InChI is InChI=1S/C11H14ClN/c1-7-6-9-4-3-5-13-11(9)8(2)10(7)12/h6,13H,3-5H2,1-2H3. The van der Waals surface area contributed by atoms with Crippen LogP contribution in [0.25, 0.3) is 0 Å². The van der Waals surface area contributed by atoms with E-state index in [-0.39, 0.29) is 0 Å². The second kappa shape index (κ2) is 3.22. The molecule has 1 nitrogen and oxygen atoms in total. The number of halogens is 1. The van der Waals surface area contributed by atoms with Crippen molar-refractivity contribution in [1.82, 2.24) is 0 Å². The third-order valence-corrected chi connectivity index (χ3v) is 3.27. The van der Waals surface area contributed by atoms with Crippen molar-refractivity contribution in [3.8, 4) is 0 Å². The lowest BCUT2D eigenvalue weighted by Crippen LogP contribution is -2.13. The van der Waals surface area contributed by atoms with Crippen LogP contribution in [0.4, 0.5) is 5.69 Å². The van der Waals surface area contributed by atoms with Crippen LogP contribution >= 0.6 is 11.6 Å². The van der Waals surface area contributed by atoms with Gasteiger partial charge in [-0.1, -0.05) is 17.7 Å². The van der Waals surface area contributed by atoms with Crippen LogP contribution in [0.3, 0.4) is 0 Å². The average molecular weight is 196 g/mol. The van der Waals surface area contributed by atoms with E-state index in [4.69, 9.17) is 11.6 Å². The Bertz CT molecular complexity index is 344. The van der Waals surface area contributed by atoms with Gasteiger partial charge in [-0.05, 0) is 43.4 Å². The number of hydrogen-bond acceptors (Lipinski definition) is 1. The van der Waals surface area contributed by atoms with Crippen molar-refractivity contribution in [1.29, 1.82) is 0 Å². The summed E-state index contributed by atoms with van der Waals surface area (Å²) in [7, 11) is 0. The quantitative estimate of drug-likeness (QED) is 0.670. The van der Waals surface area contributed by atoms with Gasteiger partial charge in [0.05, 0.1) is 0 Å². The van der Waals surface area contributed by atoms with Crippen molar-refractivity contribution in [2.45, 2.75) is 26.7 Å². The van der Waals surface area contributed by atoms with Crippen molar-refractivity contribution in [2.24, 2.45) is 0 Å². The third-order valence-electron chi connectivity index (χ3n) is 2.69. The summed E-state index contributed by atoms with van der Waals surface area (Å²) in [4.78, 5) is 0. The molecule has 0 amide bonds. The summed E-state index contributed by atoms with van der Waals surface area (Å²) in [5.74, 6) is 0. The molecule has 13 heavy (non-hydrogen) atoms. The predicted molar refractivity (Wildman–Crippen MR) is 57.7 cm³/mol. The Kier molecular flexibility index (Phi) is 2.20. The highest BCUT2D eigenvalue weighted by Gasteiger charge is 2.14. The zero-order valence-corrected chi connectivity index (χ0v) is 8.83. The Morgan fingerprint density at radius 3 is 2.92 bits per heavy atom. The lowest BCUT2D eigenvalue weighted by atomic mass is 9.97. The van der Waals surface area contributed by atoms with Gasteiger partial charge in [0, 0.05) is 17.3 Å². The fourth-order valence-corrected chi connectivity index (χ4v) is 2.13. The Balaban J connectivity index is 2.60. The van der Waals surface area contributed by atoms with E-state index in [9.17, 15) is 0 Å². The molecule has 0 aliphatic carbocycles. The highest BCUT2D eigenvalue weighted by molar-refractivity contribution is 6.32. The van der Waals surface area contributed by atoms with Crippen LogP contribution in [0.15, 0.2) is 6.07 Å². The monoisotopic (exact) mass is 195 g/mol. The zero-order valence-electron chi connectivity index (χ0n) is 8.08. The summed E-state index contributed by atoms with van der Waals surface area (Å²) in [6.45, 7) is 5.24. The van der Waals surface area contributed by atoms with E-state index in [1.165, 1.54) is 35.2 Å². The summed E-state index contributed by atoms with van der Waals surface area (Å²) in [6, 6.07) is 2.21. The van der Waals surface area contributed by atoms with Gasteiger partial charge in [0.25, 0.3) is 0 Å². The van der Waals surface area contributed by atoms with E-state index in [0.29, 0.717) is 0 Å². The molecule has 1 heterocycles. The molecule has 1 aliphatic rings. The molecule has 0 saturated carbocycles. The van der Waals surface area contributed by atoms with Gasteiger partial charge < -0.3 is 5.32 Å². The Morgan fingerprint density at radius 2 is 2.15 bits per heavy atom. The van der Waals surface area contributed by atoms with Crippen LogP contribution in [0.2, 0.25) is 5.02 Å². The molecule has 0 saturated heterocycles. The van der Waals surface area contributed by atoms with Crippen molar-refractivity contribution in [2.75, 3.05) is 11.9 Å². The molecular weight excluding hydrogens is 182 g/mol. The highest BCUT2D eigenvalue weighted by Crippen LogP contribution is 2.33. The molecule has 70 valence electrons. The van der Waals surface area contributed by atoms with Crippen LogP contribution in [-0.2, 0) is 6.42 Å². The van der Waals surface area contributed by atoms with Crippen LogP contribution in [0.1, 0.15) is 23.1 Å². The van der Waals surface area contributed by atoms with Crippen molar-refractivity contribution in [3.63, 3.8) is 0 Å². The second-order valence-electron chi connectivity index (χ2n) is 3.70. The molecule has 2 heteroatoms. The minimum absolute atomic E-state index is 0.910. The molecule has 0 fully saturated rings. The topological polar surface area (TPSA) is 12.0 Å². The average Bonchev–Trinajstić information content (AvgIpc) is 2.15. The molecule has 0 radical (unpaired) electrons. The molecule has 0 spiro atoms. The summed E-state index contributed by atoms with van der Waals surface area (Å²) < 4.78 is 0. The SMILES string of the molecule is Cc1cc2c(c(C)c1Cl)NCCC2. The molecule has 0 aromatic heterocycles. The zero-order chi connectivity index (χ0) is 9.42. The molecular formula is C11H14ClN. The molecule has 0 atom stereocenters. The lowest BCUT2D eigenvalue weighted by Gasteiger charge is -2.21. The fraction of sp³-hybridized carbons (Fsp3) is 0.455. The van der Waals surface area contributed by atoms with Gasteiger partial charge in [0.15, 0.2) is 0 Å². The summed E-state index contributed by atoms with van der Waals surface area (Å²) in [5.41, 5.74) is 5.09. The van der Waals surface area contributed by atoms with E-state index in [0.717, 1.165) is 11.6 Å². The Morgan fingerprint density at radius 1 is 1.38 bits per heavy atom. The molecule has 1 aromatic rings. The molecule has 1 aromatic carbocycles. The Hall–Kier alpha value is -0.690. The first-order valence-corrected chi connectivity index (χ1v) is 5.10.